The molecule has 0 bridgehead atoms. The Labute approximate surface area is 134 Å². The van der Waals surface area contributed by atoms with Crippen molar-refractivity contribution in [1.29, 1.82) is 0 Å². The van der Waals surface area contributed by atoms with E-state index in [1.807, 2.05) is 19.1 Å². The molecule has 126 valence electrons. The summed E-state index contributed by atoms with van der Waals surface area (Å²) in [4.78, 5) is 16.1. The number of rotatable bonds is 5. The normalized spacial score (nSPS) is 29.5. The van der Waals surface area contributed by atoms with Gasteiger partial charge in [-0.15, -0.1) is 0 Å². The Hall–Kier alpha value is -1.70. The van der Waals surface area contributed by atoms with E-state index < -0.39 is 17.5 Å². The van der Waals surface area contributed by atoms with E-state index in [2.05, 4.69) is 4.98 Å². The van der Waals surface area contributed by atoms with E-state index in [-0.39, 0.29) is 12.9 Å². The van der Waals surface area contributed by atoms with Gasteiger partial charge in [-0.1, -0.05) is 0 Å². The highest BCUT2D eigenvalue weighted by atomic mass is 16.7. The molecular weight excluding hydrogens is 300 g/mol. The molecule has 0 saturated heterocycles. The Kier molecular flexibility index (Phi) is 4.52. The summed E-state index contributed by atoms with van der Waals surface area (Å²) in [5.74, 6) is 0.338. The van der Waals surface area contributed by atoms with Crippen molar-refractivity contribution in [3.63, 3.8) is 0 Å². The molecular formula is C16H22N2O5. The fraction of sp³-hybridized carbons (Fsp3) is 0.625. The van der Waals surface area contributed by atoms with Crippen molar-refractivity contribution < 1.29 is 18.9 Å². The molecule has 7 heteroatoms. The molecule has 2 heterocycles. The predicted molar refractivity (Wildman–Crippen MR) is 82.4 cm³/mol. The zero-order valence-electron chi connectivity index (χ0n) is 13.7. The van der Waals surface area contributed by atoms with Crippen molar-refractivity contribution >= 4 is 0 Å². The van der Waals surface area contributed by atoms with E-state index in [0.29, 0.717) is 5.88 Å². The summed E-state index contributed by atoms with van der Waals surface area (Å²) in [6.07, 6.45) is 7.86. The van der Waals surface area contributed by atoms with Crippen LogP contribution in [0.15, 0.2) is 23.1 Å². The Balaban J connectivity index is 1.82. The molecule has 0 aromatic carbocycles. The van der Waals surface area contributed by atoms with E-state index in [1.165, 1.54) is 11.7 Å². The Morgan fingerprint density at radius 2 is 2.30 bits per heavy atom. The Bertz CT molecular complexity index is 656. The van der Waals surface area contributed by atoms with Crippen LogP contribution in [0.3, 0.4) is 0 Å². The van der Waals surface area contributed by atoms with E-state index in [0.717, 1.165) is 24.8 Å². The van der Waals surface area contributed by atoms with Crippen LogP contribution in [0, 0.1) is 6.92 Å². The summed E-state index contributed by atoms with van der Waals surface area (Å²) in [6.45, 7) is 2.08. The van der Waals surface area contributed by atoms with Gasteiger partial charge in [0, 0.05) is 18.9 Å². The second-order valence-corrected chi connectivity index (χ2v) is 5.90. The number of hydrogen-bond acceptors (Lipinski definition) is 6. The average Bonchev–Trinajstić information content (AvgIpc) is 3.15. The highest BCUT2D eigenvalue weighted by Gasteiger charge is 2.47. The monoisotopic (exact) mass is 322 g/mol. The maximum Gasteiger partial charge on any atom is 0.353 e. The summed E-state index contributed by atoms with van der Waals surface area (Å²) < 4.78 is 23.5. The lowest BCUT2D eigenvalue weighted by atomic mass is 10.0. The van der Waals surface area contributed by atoms with E-state index in [9.17, 15) is 4.79 Å². The molecule has 0 amide bonds. The van der Waals surface area contributed by atoms with Crippen LogP contribution in [0.5, 0.6) is 5.88 Å². The van der Waals surface area contributed by atoms with E-state index in [4.69, 9.17) is 18.9 Å². The topological polar surface area (TPSA) is 71.8 Å². The van der Waals surface area contributed by atoms with Crippen LogP contribution in [0.2, 0.25) is 0 Å². The quantitative estimate of drug-likeness (QED) is 0.605. The molecule has 1 saturated carbocycles. The summed E-state index contributed by atoms with van der Waals surface area (Å²) >= 11 is 0. The minimum Gasteiger partial charge on any atom is -0.481 e. The first kappa shape index (κ1) is 16.2. The van der Waals surface area contributed by atoms with Gasteiger partial charge in [-0.3, -0.25) is 4.57 Å². The van der Waals surface area contributed by atoms with Gasteiger partial charge in [0.1, 0.15) is 12.4 Å². The molecule has 1 aromatic rings. The lowest BCUT2D eigenvalue weighted by Gasteiger charge is -2.31. The summed E-state index contributed by atoms with van der Waals surface area (Å²) in [5.41, 5.74) is -0.105. The molecule has 2 aliphatic rings. The highest BCUT2D eigenvalue weighted by Crippen LogP contribution is 2.43. The largest absolute Gasteiger partial charge is 0.481 e. The minimum atomic E-state index is -0.490. The van der Waals surface area contributed by atoms with Crippen LogP contribution < -0.4 is 10.4 Å². The molecule has 23 heavy (non-hydrogen) atoms. The number of ether oxygens (including phenoxy) is 4. The van der Waals surface area contributed by atoms with E-state index >= 15 is 0 Å². The van der Waals surface area contributed by atoms with Crippen molar-refractivity contribution in [2.75, 3.05) is 21.0 Å². The molecule has 1 fully saturated rings. The van der Waals surface area contributed by atoms with Crippen LogP contribution in [-0.2, 0) is 14.2 Å². The van der Waals surface area contributed by atoms with Gasteiger partial charge in [0.2, 0.25) is 5.88 Å². The number of aryl methyl sites for hydroxylation is 1. The first-order valence-electron chi connectivity index (χ1n) is 7.71. The van der Waals surface area contributed by atoms with E-state index in [1.54, 1.807) is 13.3 Å². The van der Waals surface area contributed by atoms with Crippen LogP contribution in [0.1, 0.15) is 31.1 Å². The first-order valence-corrected chi connectivity index (χ1v) is 7.71. The fourth-order valence-electron chi connectivity index (χ4n) is 3.31. The molecule has 0 radical (unpaired) electrons. The summed E-state index contributed by atoms with van der Waals surface area (Å²) in [5, 5.41) is 0. The molecule has 7 nitrogen and oxygen atoms in total. The summed E-state index contributed by atoms with van der Waals surface area (Å²) in [7, 11) is 3.09. The van der Waals surface area contributed by atoms with Gasteiger partial charge in [-0.2, -0.15) is 4.98 Å². The fourth-order valence-corrected chi connectivity index (χ4v) is 3.31. The molecule has 1 aliphatic carbocycles. The smallest absolute Gasteiger partial charge is 0.353 e. The predicted octanol–water partition coefficient (Wildman–Crippen LogP) is 1.56. The third kappa shape index (κ3) is 2.91. The first-order chi connectivity index (χ1) is 11.1. The zero-order chi connectivity index (χ0) is 16.4. The Morgan fingerprint density at radius 1 is 1.48 bits per heavy atom. The number of nitrogens with zero attached hydrogens (tertiary/aromatic N) is 2. The maximum absolute atomic E-state index is 12.2. The molecule has 0 unspecified atom stereocenters. The van der Waals surface area contributed by atoms with Gasteiger partial charge in [-0.05, 0) is 38.3 Å². The van der Waals surface area contributed by atoms with Gasteiger partial charge >= 0.3 is 5.69 Å². The SMILES string of the molecule is COCO[C@H]1CCC[C@]12C=C[C@H](n1cc(C)c(OC)nc1=O)O2. The molecule has 1 spiro atoms. The van der Waals surface area contributed by atoms with Crippen LogP contribution in [0.4, 0.5) is 0 Å². The molecule has 1 aromatic heterocycles. The van der Waals surface area contributed by atoms with Crippen LogP contribution in [-0.4, -0.2) is 42.3 Å². The average molecular weight is 322 g/mol. The van der Waals surface area contributed by atoms with Crippen LogP contribution >= 0.6 is 0 Å². The standard InChI is InChI=1S/C16H22N2O5/c1-11-9-18(15(19)17-14(11)21-3)13-6-8-16(23-13)7-4-5-12(16)22-10-20-2/h6,8-9,12-13H,4-5,7,10H2,1-3H3/t12-,13+,16-/m0/s1. The molecule has 3 atom stereocenters. The van der Waals surface area contributed by atoms with Gasteiger partial charge < -0.3 is 18.9 Å². The third-order valence-electron chi connectivity index (χ3n) is 4.40. The molecule has 0 N–H and O–H groups in total. The lowest BCUT2D eigenvalue weighted by Crippen LogP contribution is -2.40. The van der Waals surface area contributed by atoms with Gasteiger partial charge in [0.25, 0.3) is 0 Å². The number of methoxy groups -OCH3 is 2. The van der Waals surface area contributed by atoms with Crippen molar-refractivity contribution in [1.82, 2.24) is 9.55 Å². The summed E-state index contributed by atoms with van der Waals surface area (Å²) in [6, 6.07) is 0. The van der Waals surface area contributed by atoms with Gasteiger partial charge in [0.05, 0.1) is 13.2 Å². The Morgan fingerprint density at radius 3 is 3.04 bits per heavy atom. The van der Waals surface area contributed by atoms with Crippen molar-refractivity contribution in [3.05, 3.63) is 34.4 Å². The van der Waals surface area contributed by atoms with Crippen molar-refractivity contribution in [3.8, 4) is 5.88 Å². The number of hydrogen-bond donors (Lipinski definition) is 0. The zero-order valence-corrected chi connectivity index (χ0v) is 13.7. The maximum atomic E-state index is 12.2. The van der Waals surface area contributed by atoms with Gasteiger partial charge in [0.15, 0.2) is 6.23 Å². The third-order valence-corrected chi connectivity index (χ3v) is 4.40. The van der Waals surface area contributed by atoms with Crippen LogP contribution in [0.25, 0.3) is 0 Å². The van der Waals surface area contributed by atoms with Crippen molar-refractivity contribution in [2.24, 2.45) is 0 Å². The second-order valence-electron chi connectivity index (χ2n) is 5.90. The highest BCUT2D eigenvalue weighted by molar-refractivity contribution is 5.22. The van der Waals surface area contributed by atoms with Crippen molar-refractivity contribution in [2.45, 2.75) is 44.1 Å². The minimum absolute atomic E-state index is 0.0632. The molecule has 3 rings (SSSR count). The van der Waals surface area contributed by atoms with Gasteiger partial charge in [-0.25, -0.2) is 4.79 Å². The second kappa shape index (κ2) is 6.43. The molecule has 1 aliphatic heterocycles. The lowest BCUT2D eigenvalue weighted by molar-refractivity contribution is -0.159. The number of aromatic nitrogens is 2.